The lowest BCUT2D eigenvalue weighted by atomic mass is 10.2. The van der Waals surface area contributed by atoms with Gasteiger partial charge in [0.25, 0.3) is 0 Å². The predicted octanol–water partition coefficient (Wildman–Crippen LogP) is 1.64. The molecule has 0 aliphatic rings. The Hall–Kier alpha value is -1.03. The second-order valence-corrected chi connectivity index (χ2v) is 6.23. The molecule has 1 aromatic rings. The number of nitrogen functional groups attached to an aromatic ring is 1. The van der Waals surface area contributed by atoms with E-state index >= 15 is 0 Å². The molecule has 0 amide bonds. The maximum Gasteiger partial charge on any atom is 0.242 e. The van der Waals surface area contributed by atoms with Gasteiger partial charge in [-0.1, -0.05) is 21.9 Å². The van der Waals surface area contributed by atoms with E-state index in [-0.39, 0.29) is 4.90 Å². The number of hydrogen-bond donors (Lipinski definition) is 2. The first kappa shape index (κ1) is 14.0. The zero-order chi connectivity index (χ0) is 13.2. The molecule has 1 rings (SSSR count). The molecule has 0 saturated heterocycles. The summed E-state index contributed by atoms with van der Waals surface area (Å²) < 4.78 is 27.1. The molecule has 0 fully saturated rings. The van der Waals surface area contributed by atoms with Gasteiger partial charge in [-0.15, -0.1) is 6.42 Å². The number of nitrogens with two attached hydrogens (primary N) is 1. The van der Waals surface area contributed by atoms with Crippen molar-refractivity contribution in [2.75, 3.05) is 5.73 Å². The molecule has 1 aromatic carbocycles. The number of sulfonamides is 1. The second kappa shape index (κ2) is 5.08. The van der Waals surface area contributed by atoms with Crippen LogP contribution in [-0.4, -0.2) is 14.5 Å². The first-order chi connectivity index (χ1) is 7.77. The minimum absolute atomic E-state index is 0.131. The van der Waals surface area contributed by atoms with E-state index in [0.29, 0.717) is 15.7 Å². The van der Waals surface area contributed by atoms with Gasteiger partial charge >= 0.3 is 0 Å². The number of nitrogens with one attached hydrogen (secondary N) is 1. The average molecular weight is 317 g/mol. The Morgan fingerprint density at radius 2 is 2.12 bits per heavy atom. The first-order valence-corrected chi connectivity index (χ1v) is 7.09. The van der Waals surface area contributed by atoms with Gasteiger partial charge in [-0.25, -0.2) is 8.42 Å². The Balaban J connectivity index is 3.30. The quantitative estimate of drug-likeness (QED) is 0.657. The number of terminal acetylenes is 1. The second-order valence-electron chi connectivity index (χ2n) is 3.63. The Morgan fingerprint density at radius 3 is 2.65 bits per heavy atom. The molecule has 0 bridgehead atoms. The summed E-state index contributed by atoms with van der Waals surface area (Å²) >= 11 is 3.21. The van der Waals surface area contributed by atoms with Gasteiger partial charge in [0.2, 0.25) is 10.0 Å². The molecule has 3 N–H and O–H groups in total. The molecule has 0 saturated carbocycles. The van der Waals surface area contributed by atoms with Crippen LogP contribution in [0.1, 0.15) is 12.5 Å². The third kappa shape index (κ3) is 3.22. The van der Waals surface area contributed by atoms with Crippen molar-refractivity contribution in [3.8, 4) is 12.3 Å². The molecular weight excluding hydrogens is 304 g/mol. The molecule has 0 aliphatic heterocycles. The van der Waals surface area contributed by atoms with Crippen LogP contribution in [0.25, 0.3) is 0 Å². The molecule has 0 heterocycles. The fraction of sp³-hybridized carbons (Fsp3) is 0.273. The molecule has 0 aliphatic carbocycles. The molecule has 6 heteroatoms. The van der Waals surface area contributed by atoms with Crippen LogP contribution < -0.4 is 10.5 Å². The highest BCUT2D eigenvalue weighted by molar-refractivity contribution is 9.10. The van der Waals surface area contributed by atoms with Crippen LogP contribution in [0.4, 0.5) is 5.69 Å². The number of halogens is 1. The van der Waals surface area contributed by atoms with Gasteiger partial charge in [0.1, 0.15) is 0 Å². The zero-order valence-electron chi connectivity index (χ0n) is 9.49. The van der Waals surface area contributed by atoms with E-state index in [1.165, 1.54) is 6.07 Å². The third-order valence-electron chi connectivity index (χ3n) is 2.24. The van der Waals surface area contributed by atoms with Gasteiger partial charge < -0.3 is 5.73 Å². The van der Waals surface area contributed by atoms with Gasteiger partial charge in [0.05, 0.1) is 10.9 Å². The van der Waals surface area contributed by atoms with E-state index in [9.17, 15) is 8.42 Å². The molecule has 4 nitrogen and oxygen atoms in total. The molecule has 0 radical (unpaired) electrons. The van der Waals surface area contributed by atoms with Crippen molar-refractivity contribution >= 4 is 31.6 Å². The van der Waals surface area contributed by atoms with Crippen molar-refractivity contribution in [1.29, 1.82) is 0 Å². The first-order valence-electron chi connectivity index (χ1n) is 4.82. The largest absolute Gasteiger partial charge is 0.398 e. The highest BCUT2D eigenvalue weighted by Crippen LogP contribution is 2.26. The minimum Gasteiger partial charge on any atom is -0.398 e. The minimum atomic E-state index is -3.65. The number of rotatable bonds is 3. The molecular formula is C11H13BrN2O2S. The maximum atomic E-state index is 12.0. The summed E-state index contributed by atoms with van der Waals surface area (Å²) in [6.07, 6.45) is 5.14. The highest BCUT2D eigenvalue weighted by atomic mass is 79.9. The normalized spacial score (nSPS) is 13.1. The van der Waals surface area contributed by atoms with Gasteiger partial charge in [-0.05, 0) is 31.5 Å². The van der Waals surface area contributed by atoms with E-state index in [4.69, 9.17) is 12.2 Å². The highest BCUT2D eigenvalue weighted by Gasteiger charge is 2.20. The Kier molecular flexibility index (Phi) is 4.20. The number of anilines is 1. The van der Waals surface area contributed by atoms with Crippen LogP contribution in [-0.2, 0) is 10.0 Å². The molecule has 17 heavy (non-hydrogen) atoms. The van der Waals surface area contributed by atoms with Gasteiger partial charge in [0.15, 0.2) is 0 Å². The fourth-order valence-corrected chi connectivity index (χ4v) is 3.37. The summed E-state index contributed by atoms with van der Waals surface area (Å²) in [5.41, 5.74) is 6.63. The lowest BCUT2D eigenvalue weighted by molar-refractivity contribution is 0.577. The van der Waals surface area contributed by atoms with Crippen molar-refractivity contribution in [3.05, 3.63) is 22.2 Å². The summed E-state index contributed by atoms with van der Waals surface area (Å²) in [4.78, 5) is 0.131. The monoisotopic (exact) mass is 316 g/mol. The summed E-state index contributed by atoms with van der Waals surface area (Å²) in [5, 5.41) is 0. The number of benzene rings is 1. The SMILES string of the molecule is C#CC(C)NS(=O)(=O)c1cc(Br)cc(N)c1C. The van der Waals surface area contributed by atoms with Crippen LogP contribution in [0, 0.1) is 19.3 Å². The summed E-state index contributed by atoms with van der Waals surface area (Å²) in [6.45, 7) is 3.24. The van der Waals surface area contributed by atoms with E-state index in [1.807, 2.05) is 0 Å². The Labute approximate surface area is 110 Å². The summed E-state index contributed by atoms with van der Waals surface area (Å²) in [6, 6.07) is 2.58. The molecule has 1 unspecified atom stereocenters. The third-order valence-corrected chi connectivity index (χ3v) is 4.36. The average Bonchev–Trinajstić information content (AvgIpc) is 2.22. The fourth-order valence-electron chi connectivity index (χ4n) is 1.28. The zero-order valence-corrected chi connectivity index (χ0v) is 11.9. The molecule has 1 atom stereocenters. The standard InChI is InChI=1S/C11H13BrN2O2S/c1-4-7(2)14-17(15,16)11-6-9(12)5-10(13)8(11)3/h1,5-7,14H,13H2,2-3H3. The lowest BCUT2D eigenvalue weighted by Crippen LogP contribution is -2.32. The van der Waals surface area contributed by atoms with Crippen molar-refractivity contribution in [2.24, 2.45) is 0 Å². The number of hydrogen-bond acceptors (Lipinski definition) is 3. The van der Waals surface area contributed by atoms with Crippen molar-refractivity contribution in [1.82, 2.24) is 4.72 Å². The Morgan fingerprint density at radius 1 is 1.53 bits per heavy atom. The topological polar surface area (TPSA) is 72.2 Å². The van der Waals surface area contributed by atoms with Crippen molar-refractivity contribution in [3.63, 3.8) is 0 Å². The molecule has 0 aromatic heterocycles. The van der Waals surface area contributed by atoms with Crippen LogP contribution in [0.3, 0.4) is 0 Å². The van der Waals surface area contributed by atoms with Crippen LogP contribution in [0.2, 0.25) is 0 Å². The Bertz CT molecular complexity index is 576. The van der Waals surface area contributed by atoms with Crippen molar-refractivity contribution in [2.45, 2.75) is 24.8 Å². The van der Waals surface area contributed by atoms with Crippen molar-refractivity contribution < 1.29 is 8.42 Å². The van der Waals surface area contributed by atoms with Gasteiger partial charge in [-0.2, -0.15) is 4.72 Å². The van der Waals surface area contributed by atoms with E-state index < -0.39 is 16.1 Å². The lowest BCUT2D eigenvalue weighted by Gasteiger charge is -2.13. The van der Waals surface area contributed by atoms with E-state index in [1.54, 1.807) is 19.9 Å². The predicted molar refractivity (Wildman–Crippen MR) is 71.9 cm³/mol. The van der Waals surface area contributed by atoms with Gasteiger partial charge in [0, 0.05) is 10.2 Å². The van der Waals surface area contributed by atoms with Crippen LogP contribution in [0.5, 0.6) is 0 Å². The van der Waals surface area contributed by atoms with Crippen LogP contribution in [0.15, 0.2) is 21.5 Å². The van der Waals surface area contributed by atoms with Gasteiger partial charge in [-0.3, -0.25) is 0 Å². The van der Waals surface area contributed by atoms with E-state index in [2.05, 4.69) is 26.6 Å². The maximum absolute atomic E-state index is 12.0. The summed E-state index contributed by atoms with van der Waals surface area (Å²) in [7, 11) is -3.65. The smallest absolute Gasteiger partial charge is 0.242 e. The summed E-state index contributed by atoms with van der Waals surface area (Å²) in [5.74, 6) is 2.31. The molecule has 0 spiro atoms. The van der Waals surface area contributed by atoms with Crippen LogP contribution >= 0.6 is 15.9 Å². The van der Waals surface area contributed by atoms with E-state index in [0.717, 1.165) is 0 Å². The molecule has 92 valence electrons.